The van der Waals surface area contributed by atoms with Crippen molar-refractivity contribution in [3.8, 4) is 0 Å². The second-order valence-electron chi connectivity index (χ2n) is 3.63. The molecule has 2 rings (SSSR count). The van der Waals surface area contributed by atoms with Gasteiger partial charge in [-0.25, -0.2) is 0 Å². The number of hydrogen-bond acceptors (Lipinski definition) is 4. The first-order valence-corrected chi connectivity index (χ1v) is 6.52. The molecule has 2 heterocycles. The average Bonchev–Trinajstić information content (AvgIpc) is 2.92. The third-order valence-electron chi connectivity index (χ3n) is 2.49. The largest absolute Gasteiger partial charge is 0.293 e. The summed E-state index contributed by atoms with van der Waals surface area (Å²) in [6.45, 7) is 4.53. The van der Waals surface area contributed by atoms with Crippen LogP contribution < -0.4 is 0 Å². The molecule has 0 aliphatic carbocycles. The van der Waals surface area contributed by atoms with E-state index >= 15 is 0 Å². The first-order chi connectivity index (χ1) is 8.13. The van der Waals surface area contributed by atoms with Crippen molar-refractivity contribution in [1.29, 1.82) is 0 Å². The van der Waals surface area contributed by atoms with Crippen LogP contribution in [0.5, 0.6) is 0 Å². The van der Waals surface area contributed by atoms with Crippen molar-refractivity contribution in [2.75, 3.05) is 0 Å². The number of halogens is 1. The number of ketones is 1. The number of carbonyl (C=O) groups excluding carboxylic acids is 1. The molecule has 2 aromatic rings. The molecule has 0 spiro atoms. The molecule has 0 saturated carbocycles. The summed E-state index contributed by atoms with van der Waals surface area (Å²) in [4.78, 5) is 16.5. The molecule has 0 amide bonds. The van der Waals surface area contributed by atoms with E-state index in [1.54, 1.807) is 16.4 Å². The van der Waals surface area contributed by atoms with Crippen LogP contribution in [0.25, 0.3) is 0 Å². The molecule has 0 N–H and O–H groups in total. The highest BCUT2D eigenvalue weighted by Gasteiger charge is 2.17. The van der Waals surface area contributed by atoms with Crippen molar-refractivity contribution in [3.05, 3.63) is 33.0 Å². The molecule has 0 radical (unpaired) electrons. The van der Waals surface area contributed by atoms with Crippen LogP contribution >= 0.6 is 22.9 Å². The molecule has 90 valence electrons. The Morgan fingerprint density at radius 1 is 1.59 bits per heavy atom. The maximum Gasteiger partial charge on any atom is 0.180 e. The molecule has 0 unspecified atom stereocenters. The van der Waals surface area contributed by atoms with Gasteiger partial charge in [0.15, 0.2) is 5.78 Å². The minimum Gasteiger partial charge on any atom is -0.293 e. The third kappa shape index (κ3) is 2.40. The smallest absolute Gasteiger partial charge is 0.180 e. The van der Waals surface area contributed by atoms with E-state index < -0.39 is 0 Å². The Kier molecular flexibility index (Phi) is 3.59. The van der Waals surface area contributed by atoms with E-state index in [0.29, 0.717) is 16.4 Å². The normalized spacial score (nSPS) is 10.8. The minimum atomic E-state index is 0.0315. The SMILES string of the molecule is CCn1nc(C)c(Cl)c1CC(=O)c1cncs1. The van der Waals surface area contributed by atoms with Crippen LogP contribution in [0.15, 0.2) is 11.7 Å². The van der Waals surface area contributed by atoms with Crippen LogP contribution in [0.3, 0.4) is 0 Å². The van der Waals surface area contributed by atoms with Crippen LogP contribution in [0, 0.1) is 6.92 Å². The van der Waals surface area contributed by atoms with Crippen molar-refractivity contribution in [3.63, 3.8) is 0 Å². The maximum absolute atomic E-state index is 12.0. The molecule has 0 aliphatic rings. The summed E-state index contributed by atoms with van der Waals surface area (Å²) in [6, 6.07) is 0. The molecule has 0 bridgehead atoms. The molecular weight excluding hydrogens is 258 g/mol. The molecule has 0 saturated heterocycles. The summed E-state index contributed by atoms with van der Waals surface area (Å²) < 4.78 is 1.77. The zero-order chi connectivity index (χ0) is 12.4. The van der Waals surface area contributed by atoms with Gasteiger partial charge in [0.05, 0.1) is 33.2 Å². The predicted molar refractivity (Wildman–Crippen MR) is 67.8 cm³/mol. The number of carbonyl (C=O) groups is 1. The van der Waals surface area contributed by atoms with E-state index in [2.05, 4.69) is 10.1 Å². The summed E-state index contributed by atoms with van der Waals surface area (Å²) in [6.07, 6.45) is 1.86. The topological polar surface area (TPSA) is 47.8 Å². The fraction of sp³-hybridized carbons (Fsp3) is 0.364. The van der Waals surface area contributed by atoms with Crippen molar-refractivity contribution >= 4 is 28.7 Å². The van der Waals surface area contributed by atoms with Crippen LogP contribution in [0.1, 0.15) is 28.0 Å². The molecule has 6 heteroatoms. The van der Waals surface area contributed by atoms with Crippen molar-refractivity contribution in [2.45, 2.75) is 26.8 Å². The Bertz CT molecular complexity index is 533. The van der Waals surface area contributed by atoms with Crippen LogP contribution in [0.4, 0.5) is 0 Å². The summed E-state index contributed by atoms with van der Waals surface area (Å²) >= 11 is 7.49. The number of rotatable bonds is 4. The summed E-state index contributed by atoms with van der Waals surface area (Å²) in [7, 11) is 0. The Morgan fingerprint density at radius 2 is 2.35 bits per heavy atom. The molecule has 0 fully saturated rings. The van der Waals surface area contributed by atoms with Gasteiger partial charge in [0.25, 0.3) is 0 Å². The highest BCUT2D eigenvalue weighted by molar-refractivity contribution is 7.11. The first-order valence-electron chi connectivity index (χ1n) is 5.27. The van der Waals surface area contributed by atoms with Crippen LogP contribution in [-0.2, 0) is 13.0 Å². The first kappa shape index (κ1) is 12.3. The lowest BCUT2D eigenvalue weighted by Crippen LogP contribution is -2.09. The van der Waals surface area contributed by atoms with Gasteiger partial charge >= 0.3 is 0 Å². The Balaban J connectivity index is 2.27. The number of aryl methyl sites for hydroxylation is 2. The molecule has 0 aliphatic heterocycles. The Morgan fingerprint density at radius 3 is 2.94 bits per heavy atom. The lowest BCUT2D eigenvalue weighted by molar-refractivity contribution is 0.0994. The standard InChI is InChI=1S/C11H12ClN3OS/c1-3-15-8(11(12)7(2)14-15)4-9(16)10-5-13-6-17-10/h5-6H,3-4H2,1-2H3. The molecule has 2 aromatic heterocycles. The number of hydrogen-bond donors (Lipinski definition) is 0. The second kappa shape index (κ2) is 4.98. The molecule has 0 atom stereocenters. The fourth-order valence-corrected chi connectivity index (χ4v) is 2.39. The lowest BCUT2D eigenvalue weighted by Gasteiger charge is -2.03. The minimum absolute atomic E-state index is 0.0315. The Hall–Kier alpha value is -1.20. The van der Waals surface area contributed by atoms with Gasteiger partial charge in [0.1, 0.15) is 0 Å². The van der Waals surface area contributed by atoms with Gasteiger partial charge in [-0.1, -0.05) is 11.6 Å². The van der Waals surface area contributed by atoms with Crippen LogP contribution in [0.2, 0.25) is 5.02 Å². The predicted octanol–water partition coefficient (Wildman–Crippen LogP) is 2.75. The van der Waals surface area contributed by atoms with Gasteiger partial charge in [-0.05, 0) is 13.8 Å². The highest BCUT2D eigenvalue weighted by Crippen LogP contribution is 2.22. The van der Waals surface area contributed by atoms with E-state index in [4.69, 9.17) is 11.6 Å². The third-order valence-corrected chi connectivity index (χ3v) is 3.79. The van der Waals surface area contributed by atoms with E-state index in [1.165, 1.54) is 11.3 Å². The van der Waals surface area contributed by atoms with E-state index in [0.717, 1.165) is 11.4 Å². The fourth-order valence-electron chi connectivity index (χ4n) is 1.63. The maximum atomic E-state index is 12.0. The quantitative estimate of drug-likeness (QED) is 0.802. The van der Waals surface area contributed by atoms with Gasteiger partial charge < -0.3 is 0 Å². The monoisotopic (exact) mass is 269 g/mol. The average molecular weight is 270 g/mol. The summed E-state index contributed by atoms with van der Waals surface area (Å²) in [5.74, 6) is 0.0315. The van der Waals surface area contributed by atoms with E-state index in [1.807, 2.05) is 13.8 Å². The lowest BCUT2D eigenvalue weighted by atomic mass is 10.2. The number of Topliss-reactive ketones (excluding diaryl/α,β-unsaturated/α-hetero) is 1. The van der Waals surface area contributed by atoms with Crippen LogP contribution in [-0.4, -0.2) is 20.5 Å². The zero-order valence-corrected chi connectivity index (χ0v) is 11.2. The summed E-state index contributed by atoms with van der Waals surface area (Å²) in [5.41, 5.74) is 3.20. The van der Waals surface area contributed by atoms with Crippen molar-refractivity contribution in [2.24, 2.45) is 0 Å². The van der Waals surface area contributed by atoms with Gasteiger partial charge in [-0.3, -0.25) is 14.5 Å². The van der Waals surface area contributed by atoms with Gasteiger partial charge in [0, 0.05) is 12.7 Å². The van der Waals surface area contributed by atoms with Crippen molar-refractivity contribution in [1.82, 2.24) is 14.8 Å². The molecule has 17 heavy (non-hydrogen) atoms. The Labute approximate surface area is 108 Å². The summed E-state index contributed by atoms with van der Waals surface area (Å²) in [5, 5.41) is 4.87. The molecule has 4 nitrogen and oxygen atoms in total. The van der Waals surface area contributed by atoms with Gasteiger partial charge in [-0.2, -0.15) is 5.10 Å². The van der Waals surface area contributed by atoms with E-state index in [9.17, 15) is 4.79 Å². The van der Waals surface area contributed by atoms with E-state index in [-0.39, 0.29) is 12.2 Å². The molecular formula is C11H12ClN3OS. The van der Waals surface area contributed by atoms with Gasteiger partial charge in [0.2, 0.25) is 0 Å². The second-order valence-corrected chi connectivity index (χ2v) is 4.89. The number of nitrogens with zero attached hydrogens (tertiary/aromatic N) is 3. The van der Waals surface area contributed by atoms with Gasteiger partial charge in [-0.15, -0.1) is 11.3 Å². The number of aromatic nitrogens is 3. The van der Waals surface area contributed by atoms with Crippen molar-refractivity contribution < 1.29 is 4.79 Å². The zero-order valence-electron chi connectivity index (χ0n) is 9.61. The highest BCUT2D eigenvalue weighted by atomic mass is 35.5. The number of thiazole rings is 1. The molecule has 0 aromatic carbocycles.